The van der Waals surface area contributed by atoms with E-state index in [1.807, 2.05) is 18.2 Å². The highest BCUT2D eigenvalue weighted by Crippen LogP contribution is 2.31. The topological polar surface area (TPSA) is 105 Å². The van der Waals surface area contributed by atoms with E-state index in [1.54, 1.807) is 50.6 Å². The van der Waals surface area contributed by atoms with E-state index in [1.165, 1.54) is 0 Å². The van der Waals surface area contributed by atoms with Crippen LogP contribution >= 0.6 is 0 Å². The second kappa shape index (κ2) is 7.91. The number of nitrogens with zero attached hydrogens (tertiary/aromatic N) is 1. The maximum atomic E-state index is 12.4. The number of hydrogen-bond acceptors (Lipinski definition) is 6. The number of hydrogen-bond donors (Lipinski definition) is 3. The number of rotatable bonds is 7. The summed E-state index contributed by atoms with van der Waals surface area (Å²) in [6.45, 7) is 1.64. The Morgan fingerprint density at radius 2 is 1.89 bits per heavy atom. The van der Waals surface area contributed by atoms with Crippen molar-refractivity contribution in [2.24, 2.45) is 0 Å². The molecule has 0 saturated carbocycles. The molecule has 3 N–H and O–H groups in total. The van der Waals surface area contributed by atoms with Gasteiger partial charge in [0.1, 0.15) is 27.2 Å². The molecule has 0 bridgehead atoms. The highest BCUT2D eigenvalue weighted by Gasteiger charge is 2.11. The quantitative estimate of drug-likeness (QED) is 0.577. The predicted octanol–water partition coefficient (Wildman–Crippen LogP) is 3.33. The SMILES string of the molecule is COc1ccc2c(Oc3ccc([S@](=N)(=O)NC[C@H](C)O)cc3)ccnc2c1. The molecular formula is C19H21N3O4S. The van der Waals surface area contributed by atoms with Crippen molar-refractivity contribution >= 4 is 20.8 Å². The molecule has 0 aliphatic rings. The summed E-state index contributed by atoms with van der Waals surface area (Å²) in [5.41, 5.74) is 0.750. The van der Waals surface area contributed by atoms with Gasteiger partial charge in [0.25, 0.3) is 0 Å². The van der Waals surface area contributed by atoms with Crippen LogP contribution in [0.25, 0.3) is 10.9 Å². The van der Waals surface area contributed by atoms with Crippen molar-refractivity contribution in [1.29, 1.82) is 4.78 Å². The lowest BCUT2D eigenvalue weighted by Gasteiger charge is -2.12. The first-order valence-corrected chi connectivity index (χ1v) is 9.87. The first kappa shape index (κ1) is 19.1. The average Bonchev–Trinajstić information content (AvgIpc) is 2.67. The zero-order chi connectivity index (χ0) is 19.4. The van der Waals surface area contributed by atoms with E-state index in [0.29, 0.717) is 22.1 Å². The van der Waals surface area contributed by atoms with E-state index in [9.17, 15) is 9.32 Å². The lowest BCUT2D eigenvalue weighted by Crippen LogP contribution is -2.29. The van der Waals surface area contributed by atoms with Gasteiger partial charge in [0.05, 0.1) is 23.6 Å². The number of aliphatic hydroxyl groups is 1. The molecule has 0 radical (unpaired) electrons. The molecule has 0 aliphatic carbocycles. The van der Waals surface area contributed by atoms with E-state index in [4.69, 9.17) is 14.3 Å². The van der Waals surface area contributed by atoms with Crippen LogP contribution in [0.1, 0.15) is 6.92 Å². The van der Waals surface area contributed by atoms with Crippen molar-refractivity contribution in [2.45, 2.75) is 17.9 Å². The standard InChI is InChI=1S/C19H21N3O4S/c1-13(23)12-22-27(20,24)16-6-3-14(4-7-16)26-19-9-10-21-18-11-15(25-2)5-8-17(18)19/h3-11,13,23H,12H2,1-2H3,(H2,20,22,24)/t13-,27+/m0/s1. The van der Waals surface area contributed by atoms with Crippen LogP contribution in [0.4, 0.5) is 0 Å². The molecule has 0 unspecified atom stereocenters. The van der Waals surface area contributed by atoms with Gasteiger partial charge in [-0.2, -0.15) is 0 Å². The zero-order valence-corrected chi connectivity index (χ0v) is 15.8. The minimum absolute atomic E-state index is 0.0764. The number of pyridine rings is 1. The van der Waals surface area contributed by atoms with Gasteiger partial charge in [-0.3, -0.25) is 4.98 Å². The van der Waals surface area contributed by atoms with Gasteiger partial charge in [-0.25, -0.2) is 13.7 Å². The maximum absolute atomic E-state index is 12.4. The Labute approximate surface area is 158 Å². The highest BCUT2D eigenvalue weighted by molar-refractivity contribution is 7.90. The third-order valence-corrected chi connectivity index (χ3v) is 5.38. The maximum Gasteiger partial charge on any atom is 0.138 e. The summed E-state index contributed by atoms with van der Waals surface area (Å²) in [5.74, 6) is 1.90. The van der Waals surface area contributed by atoms with Crippen LogP contribution in [0.15, 0.2) is 59.6 Å². The second-order valence-electron chi connectivity index (χ2n) is 6.02. The van der Waals surface area contributed by atoms with E-state index in [2.05, 4.69) is 9.71 Å². The molecule has 0 saturated heterocycles. The van der Waals surface area contributed by atoms with Gasteiger partial charge in [-0.15, -0.1) is 0 Å². The van der Waals surface area contributed by atoms with Crippen LogP contribution in [0.3, 0.4) is 0 Å². The second-order valence-corrected chi connectivity index (χ2v) is 7.89. The molecule has 142 valence electrons. The molecule has 1 heterocycles. The van der Waals surface area contributed by atoms with Gasteiger partial charge in [0, 0.05) is 24.2 Å². The molecule has 27 heavy (non-hydrogen) atoms. The van der Waals surface area contributed by atoms with Crippen molar-refractivity contribution < 1.29 is 18.8 Å². The normalized spacial score (nSPS) is 14.5. The number of aliphatic hydroxyl groups excluding tert-OH is 1. The number of methoxy groups -OCH3 is 1. The number of benzene rings is 2. The summed E-state index contributed by atoms with van der Waals surface area (Å²) < 4.78 is 34.0. The highest BCUT2D eigenvalue weighted by atomic mass is 32.2. The molecule has 0 spiro atoms. The summed E-state index contributed by atoms with van der Waals surface area (Å²) in [6.07, 6.45) is 0.972. The van der Waals surface area contributed by atoms with Gasteiger partial charge in [0.15, 0.2) is 0 Å². The first-order valence-electron chi connectivity index (χ1n) is 8.31. The molecule has 0 aliphatic heterocycles. The van der Waals surface area contributed by atoms with Gasteiger partial charge in [-0.05, 0) is 49.4 Å². The molecule has 3 aromatic rings. The number of ether oxygens (including phenoxy) is 2. The fourth-order valence-corrected chi connectivity index (χ4v) is 3.63. The third kappa shape index (κ3) is 4.54. The predicted molar refractivity (Wildman–Crippen MR) is 104 cm³/mol. The Kier molecular flexibility index (Phi) is 5.59. The summed E-state index contributed by atoms with van der Waals surface area (Å²) in [6, 6.07) is 13.8. The lowest BCUT2D eigenvalue weighted by atomic mass is 10.2. The number of nitrogens with one attached hydrogen (secondary N) is 2. The van der Waals surface area contributed by atoms with Gasteiger partial charge < -0.3 is 14.6 Å². The smallest absolute Gasteiger partial charge is 0.138 e. The monoisotopic (exact) mass is 387 g/mol. The zero-order valence-electron chi connectivity index (χ0n) is 15.0. The lowest BCUT2D eigenvalue weighted by molar-refractivity contribution is 0.199. The Hall–Kier alpha value is -2.68. The van der Waals surface area contributed by atoms with Crippen molar-refractivity contribution in [2.75, 3.05) is 13.7 Å². The largest absolute Gasteiger partial charge is 0.497 e. The Bertz CT molecular complexity index is 1030. The van der Waals surface area contributed by atoms with Crippen LogP contribution in [0, 0.1) is 4.78 Å². The van der Waals surface area contributed by atoms with Gasteiger partial charge in [-0.1, -0.05) is 0 Å². The van der Waals surface area contributed by atoms with Crippen LogP contribution in [0.5, 0.6) is 17.2 Å². The van der Waals surface area contributed by atoms with Crippen LogP contribution < -0.4 is 14.2 Å². The summed E-state index contributed by atoms with van der Waals surface area (Å²) in [7, 11) is -1.58. The van der Waals surface area contributed by atoms with E-state index < -0.39 is 16.0 Å². The fraction of sp³-hybridized carbons (Fsp3) is 0.211. The van der Waals surface area contributed by atoms with E-state index in [0.717, 1.165) is 10.9 Å². The van der Waals surface area contributed by atoms with Crippen molar-refractivity contribution in [3.63, 3.8) is 0 Å². The molecule has 3 rings (SSSR count). The fourth-order valence-electron chi connectivity index (χ4n) is 2.47. The molecule has 7 nitrogen and oxygen atoms in total. The molecule has 0 amide bonds. The van der Waals surface area contributed by atoms with Crippen molar-refractivity contribution in [1.82, 2.24) is 9.71 Å². The Morgan fingerprint density at radius 1 is 1.19 bits per heavy atom. The average molecular weight is 387 g/mol. The molecule has 1 aromatic heterocycles. The molecule has 2 aromatic carbocycles. The molecule has 8 heteroatoms. The Balaban J connectivity index is 1.82. The molecular weight excluding hydrogens is 366 g/mol. The summed E-state index contributed by atoms with van der Waals surface area (Å²) in [5, 5.41) is 10.1. The van der Waals surface area contributed by atoms with Crippen molar-refractivity contribution in [3.05, 3.63) is 54.7 Å². The Morgan fingerprint density at radius 3 is 2.56 bits per heavy atom. The van der Waals surface area contributed by atoms with Crippen LogP contribution in [-0.4, -0.2) is 34.1 Å². The molecule has 2 atom stereocenters. The molecule has 0 fully saturated rings. The van der Waals surface area contributed by atoms with Crippen LogP contribution in [-0.2, 0) is 9.92 Å². The minimum Gasteiger partial charge on any atom is -0.497 e. The number of fused-ring (bicyclic) bond motifs is 1. The van der Waals surface area contributed by atoms with Gasteiger partial charge in [0.2, 0.25) is 0 Å². The summed E-state index contributed by atoms with van der Waals surface area (Å²) >= 11 is 0. The first-order chi connectivity index (χ1) is 12.9. The van der Waals surface area contributed by atoms with E-state index >= 15 is 0 Å². The minimum atomic E-state index is -3.18. The van der Waals surface area contributed by atoms with Crippen LogP contribution in [0.2, 0.25) is 0 Å². The third-order valence-electron chi connectivity index (χ3n) is 3.88. The van der Waals surface area contributed by atoms with Crippen molar-refractivity contribution in [3.8, 4) is 17.2 Å². The van der Waals surface area contributed by atoms with Gasteiger partial charge >= 0.3 is 0 Å². The van der Waals surface area contributed by atoms with E-state index in [-0.39, 0.29) is 6.54 Å². The summed E-state index contributed by atoms with van der Waals surface area (Å²) in [4.78, 5) is 4.64. The number of aromatic nitrogens is 1.